The summed E-state index contributed by atoms with van der Waals surface area (Å²) in [6.45, 7) is 4.33. The van der Waals surface area contributed by atoms with Crippen molar-refractivity contribution in [1.29, 1.82) is 0 Å². The van der Waals surface area contributed by atoms with Crippen molar-refractivity contribution < 1.29 is 4.79 Å². The number of hydrogen-bond acceptors (Lipinski definition) is 2. The molecule has 1 rings (SSSR count). The molecule has 15 heavy (non-hydrogen) atoms. The van der Waals surface area contributed by atoms with Crippen molar-refractivity contribution in [2.45, 2.75) is 46.0 Å². The van der Waals surface area contributed by atoms with E-state index in [4.69, 9.17) is 0 Å². The van der Waals surface area contributed by atoms with E-state index in [1.165, 1.54) is 12.8 Å². The summed E-state index contributed by atoms with van der Waals surface area (Å²) in [6.07, 6.45) is 8.59. The molecule has 3 heteroatoms. The number of H-pyrrole nitrogens is 1. The first kappa shape index (κ1) is 12.0. The van der Waals surface area contributed by atoms with Gasteiger partial charge in [0.1, 0.15) is 0 Å². The van der Waals surface area contributed by atoms with E-state index in [9.17, 15) is 4.79 Å². The highest BCUT2D eigenvalue weighted by molar-refractivity contribution is 5.92. The van der Waals surface area contributed by atoms with Crippen LogP contribution in [0.5, 0.6) is 0 Å². The van der Waals surface area contributed by atoms with E-state index in [0.717, 1.165) is 12.8 Å². The number of rotatable bonds is 7. The Labute approximate surface area is 91.3 Å². The van der Waals surface area contributed by atoms with E-state index >= 15 is 0 Å². The summed E-state index contributed by atoms with van der Waals surface area (Å²) >= 11 is 0. The molecule has 0 radical (unpaired) electrons. The second-order valence-electron chi connectivity index (χ2n) is 3.98. The zero-order chi connectivity index (χ0) is 11.1. The Kier molecular flexibility index (Phi) is 5.08. The molecule has 0 fully saturated rings. The molecule has 1 aromatic heterocycles. The number of nitrogens with zero attached hydrogens (tertiary/aromatic N) is 1. The highest BCUT2D eigenvalue weighted by Crippen LogP contribution is 2.18. The van der Waals surface area contributed by atoms with Gasteiger partial charge >= 0.3 is 0 Å². The van der Waals surface area contributed by atoms with E-state index in [1.54, 1.807) is 12.4 Å². The van der Waals surface area contributed by atoms with E-state index in [0.29, 0.717) is 18.2 Å². The fraction of sp³-hybridized carbons (Fsp3) is 0.667. The van der Waals surface area contributed by atoms with E-state index in [-0.39, 0.29) is 5.78 Å². The van der Waals surface area contributed by atoms with Gasteiger partial charge in [0, 0.05) is 18.8 Å². The lowest BCUT2D eigenvalue weighted by Gasteiger charge is -2.12. The number of aromatic amines is 1. The molecule has 1 unspecified atom stereocenters. The van der Waals surface area contributed by atoms with Crippen molar-refractivity contribution in [2.75, 3.05) is 0 Å². The van der Waals surface area contributed by atoms with Crippen LogP contribution in [0.15, 0.2) is 12.4 Å². The van der Waals surface area contributed by atoms with Crippen LogP contribution in [0.3, 0.4) is 0 Å². The van der Waals surface area contributed by atoms with Crippen molar-refractivity contribution in [3.05, 3.63) is 18.2 Å². The molecule has 0 bridgehead atoms. The van der Waals surface area contributed by atoms with Gasteiger partial charge in [0.2, 0.25) is 0 Å². The number of aromatic nitrogens is 2. The van der Waals surface area contributed by atoms with Crippen LogP contribution in [-0.2, 0) is 0 Å². The number of imidazole rings is 1. The molecule has 0 spiro atoms. The summed E-state index contributed by atoms with van der Waals surface area (Å²) < 4.78 is 0. The quantitative estimate of drug-likeness (QED) is 0.699. The van der Waals surface area contributed by atoms with Crippen LogP contribution < -0.4 is 0 Å². The van der Waals surface area contributed by atoms with Gasteiger partial charge in [0.05, 0.1) is 0 Å². The van der Waals surface area contributed by atoms with Gasteiger partial charge in [0.15, 0.2) is 11.6 Å². The monoisotopic (exact) mass is 208 g/mol. The van der Waals surface area contributed by atoms with Gasteiger partial charge in [-0.25, -0.2) is 4.98 Å². The van der Waals surface area contributed by atoms with Crippen LogP contribution in [0.2, 0.25) is 0 Å². The first-order chi connectivity index (χ1) is 7.27. The van der Waals surface area contributed by atoms with Gasteiger partial charge in [-0.2, -0.15) is 0 Å². The summed E-state index contributed by atoms with van der Waals surface area (Å²) in [5, 5.41) is 0. The molecule has 0 aliphatic heterocycles. The first-order valence-electron chi connectivity index (χ1n) is 5.80. The maximum atomic E-state index is 11.7. The van der Waals surface area contributed by atoms with Crippen molar-refractivity contribution in [1.82, 2.24) is 9.97 Å². The van der Waals surface area contributed by atoms with Crippen molar-refractivity contribution in [3.8, 4) is 0 Å². The van der Waals surface area contributed by atoms with Crippen LogP contribution in [-0.4, -0.2) is 15.8 Å². The Bertz CT molecular complexity index is 280. The number of Topliss-reactive ketones (excluding diaryl/α,β-unsaturated/α-hetero) is 1. The van der Waals surface area contributed by atoms with Crippen LogP contribution in [0.1, 0.15) is 56.6 Å². The second-order valence-corrected chi connectivity index (χ2v) is 3.98. The molecule has 0 aliphatic carbocycles. The average molecular weight is 208 g/mol. The molecule has 1 aromatic rings. The fourth-order valence-electron chi connectivity index (χ4n) is 1.72. The topological polar surface area (TPSA) is 45.8 Å². The summed E-state index contributed by atoms with van der Waals surface area (Å²) in [7, 11) is 0. The Morgan fingerprint density at radius 1 is 1.53 bits per heavy atom. The summed E-state index contributed by atoms with van der Waals surface area (Å²) in [4.78, 5) is 18.6. The number of ketones is 1. The standard InChI is InChI=1S/C12H20N2O/c1-3-5-6-10(4-2)9-11(15)12-13-7-8-14-12/h7-8,10H,3-6,9H2,1-2H3,(H,13,14). The number of carbonyl (C=O) groups is 1. The Morgan fingerprint density at radius 3 is 2.87 bits per heavy atom. The lowest BCUT2D eigenvalue weighted by Crippen LogP contribution is -2.09. The lowest BCUT2D eigenvalue weighted by atomic mass is 9.94. The van der Waals surface area contributed by atoms with Crippen molar-refractivity contribution in [2.24, 2.45) is 5.92 Å². The maximum Gasteiger partial charge on any atom is 0.198 e. The predicted molar refractivity (Wildman–Crippen MR) is 60.8 cm³/mol. The van der Waals surface area contributed by atoms with Gasteiger partial charge in [-0.1, -0.05) is 39.5 Å². The predicted octanol–water partition coefficient (Wildman–Crippen LogP) is 3.20. The number of unbranched alkanes of at least 4 members (excludes halogenated alkanes) is 1. The van der Waals surface area contributed by atoms with E-state index < -0.39 is 0 Å². The first-order valence-corrected chi connectivity index (χ1v) is 5.80. The van der Waals surface area contributed by atoms with Gasteiger partial charge in [-0.3, -0.25) is 4.79 Å². The molecule has 0 aliphatic rings. The smallest absolute Gasteiger partial charge is 0.198 e. The SMILES string of the molecule is CCCCC(CC)CC(=O)c1ncc[nH]1. The number of hydrogen-bond donors (Lipinski definition) is 1. The largest absolute Gasteiger partial charge is 0.342 e. The molecule has 0 saturated carbocycles. The van der Waals surface area contributed by atoms with E-state index in [1.807, 2.05) is 0 Å². The molecule has 0 amide bonds. The third kappa shape index (κ3) is 3.86. The third-order valence-electron chi connectivity index (χ3n) is 2.78. The minimum absolute atomic E-state index is 0.142. The highest BCUT2D eigenvalue weighted by Gasteiger charge is 2.14. The maximum absolute atomic E-state index is 11.7. The zero-order valence-electron chi connectivity index (χ0n) is 9.62. The fourth-order valence-corrected chi connectivity index (χ4v) is 1.72. The molecule has 1 heterocycles. The Morgan fingerprint density at radius 2 is 2.33 bits per heavy atom. The second kappa shape index (κ2) is 6.38. The third-order valence-corrected chi connectivity index (χ3v) is 2.78. The lowest BCUT2D eigenvalue weighted by molar-refractivity contribution is 0.0947. The molecular formula is C12H20N2O. The molecule has 0 aromatic carbocycles. The van der Waals surface area contributed by atoms with Gasteiger partial charge < -0.3 is 4.98 Å². The number of carbonyl (C=O) groups excluding carboxylic acids is 1. The van der Waals surface area contributed by atoms with Gasteiger partial charge in [-0.15, -0.1) is 0 Å². The van der Waals surface area contributed by atoms with Crippen LogP contribution >= 0.6 is 0 Å². The minimum atomic E-state index is 0.142. The van der Waals surface area contributed by atoms with Crippen LogP contribution in [0, 0.1) is 5.92 Å². The highest BCUT2D eigenvalue weighted by atomic mass is 16.1. The molecule has 1 N–H and O–H groups in total. The zero-order valence-corrected chi connectivity index (χ0v) is 9.62. The van der Waals surface area contributed by atoms with Gasteiger partial charge in [0.25, 0.3) is 0 Å². The molecule has 3 nitrogen and oxygen atoms in total. The molecule has 84 valence electrons. The minimum Gasteiger partial charge on any atom is -0.342 e. The van der Waals surface area contributed by atoms with Crippen LogP contribution in [0.4, 0.5) is 0 Å². The Hall–Kier alpha value is -1.12. The van der Waals surface area contributed by atoms with Crippen molar-refractivity contribution >= 4 is 5.78 Å². The molecule has 1 atom stereocenters. The molecule has 0 saturated heterocycles. The van der Waals surface area contributed by atoms with Crippen LogP contribution in [0.25, 0.3) is 0 Å². The van der Waals surface area contributed by atoms with Crippen molar-refractivity contribution in [3.63, 3.8) is 0 Å². The van der Waals surface area contributed by atoms with Gasteiger partial charge in [-0.05, 0) is 5.92 Å². The molecular weight excluding hydrogens is 188 g/mol. The van der Waals surface area contributed by atoms with E-state index in [2.05, 4.69) is 23.8 Å². The summed E-state index contributed by atoms with van der Waals surface area (Å²) in [5.41, 5.74) is 0. The normalized spacial score (nSPS) is 12.7. The average Bonchev–Trinajstić information content (AvgIpc) is 2.77. The summed E-state index contributed by atoms with van der Waals surface area (Å²) in [5.74, 6) is 1.16. The Balaban J connectivity index is 2.41. The number of nitrogens with one attached hydrogen (secondary N) is 1. The summed E-state index contributed by atoms with van der Waals surface area (Å²) in [6, 6.07) is 0.